The molecule has 1 aliphatic heterocycles. The van der Waals surface area contributed by atoms with Crippen LogP contribution >= 0.6 is 0 Å². The molecule has 1 fully saturated rings. The van der Waals surface area contributed by atoms with E-state index in [0.717, 1.165) is 37.9 Å². The van der Waals surface area contributed by atoms with Gasteiger partial charge >= 0.3 is 5.97 Å². The van der Waals surface area contributed by atoms with E-state index in [1.165, 1.54) is 0 Å². The van der Waals surface area contributed by atoms with Crippen LogP contribution in [0.4, 0.5) is 11.4 Å². The van der Waals surface area contributed by atoms with Gasteiger partial charge in [0.2, 0.25) is 0 Å². The van der Waals surface area contributed by atoms with Crippen molar-refractivity contribution in [3.8, 4) is 0 Å². The van der Waals surface area contributed by atoms with Crippen molar-refractivity contribution in [2.75, 3.05) is 18.5 Å². The van der Waals surface area contributed by atoms with Gasteiger partial charge in [-0.25, -0.2) is 4.79 Å². The van der Waals surface area contributed by atoms with Crippen molar-refractivity contribution in [3.63, 3.8) is 0 Å². The number of carbonyl (C=O) groups excluding carboxylic acids is 2. The lowest BCUT2D eigenvalue weighted by Gasteiger charge is -2.35. The molecule has 142 valence electrons. The lowest BCUT2D eigenvalue weighted by atomic mass is 10.00. The molecule has 2 aromatic carbocycles. The lowest BCUT2D eigenvalue weighted by molar-refractivity contribution is -0.138. The maximum absolute atomic E-state index is 12.6. The minimum Gasteiger partial charge on any atom is -0.452 e. The average molecular weight is 366 g/mol. The number of nitrogens with one attached hydrogen (secondary N) is 1. The highest BCUT2D eigenvalue weighted by Crippen LogP contribution is 2.22. The molecule has 1 aliphatic rings. The monoisotopic (exact) mass is 366 g/mol. The normalized spacial score (nSPS) is 16.6. The van der Waals surface area contributed by atoms with Gasteiger partial charge in [-0.05, 0) is 49.9 Å². The van der Waals surface area contributed by atoms with Crippen molar-refractivity contribution in [3.05, 3.63) is 60.2 Å². The predicted molar refractivity (Wildman–Crippen MR) is 106 cm³/mol. The summed E-state index contributed by atoms with van der Waals surface area (Å²) in [6.45, 7) is 2.63. The number of amides is 1. The number of anilines is 2. The van der Waals surface area contributed by atoms with Gasteiger partial charge in [-0.3, -0.25) is 4.79 Å². The Bertz CT molecular complexity index is 776. The van der Waals surface area contributed by atoms with E-state index in [-0.39, 0.29) is 18.6 Å². The molecule has 27 heavy (non-hydrogen) atoms. The molecule has 3 rings (SSSR count). The lowest BCUT2D eigenvalue weighted by Crippen LogP contribution is -2.45. The molecule has 1 atom stereocenters. The third-order valence-corrected chi connectivity index (χ3v) is 4.95. The van der Waals surface area contributed by atoms with Gasteiger partial charge in [0.05, 0.1) is 11.3 Å². The number of esters is 1. The molecule has 0 unspecified atom stereocenters. The number of benzene rings is 2. The van der Waals surface area contributed by atoms with E-state index < -0.39 is 5.97 Å². The van der Waals surface area contributed by atoms with E-state index in [2.05, 4.69) is 12.2 Å². The Morgan fingerprint density at radius 3 is 2.59 bits per heavy atom. The number of hydrogen-bond donors (Lipinski definition) is 1. The van der Waals surface area contributed by atoms with Crippen molar-refractivity contribution in [1.29, 1.82) is 0 Å². The molecule has 0 aliphatic carbocycles. The summed E-state index contributed by atoms with van der Waals surface area (Å²) >= 11 is 0. The van der Waals surface area contributed by atoms with Crippen molar-refractivity contribution >= 4 is 23.3 Å². The maximum atomic E-state index is 12.6. The van der Waals surface area contributed by atoms with Gasteiger partial charge in [-0.2, -0.15) is 0 Å². The summed E-state index contributed by atoms with van der Waals surface area (Å²) in [4.78, 5) is 26.9. The van der Waals surface area contributed by atoms with Gasteiger partial charge in [0.1, 0.15) is 0 Å². The fraction of sp³-hybridized carbons (Fsp3) is 0.364. The van der Waals surface area contributed by atoms with E-state index in [9.17, 15) is 9.59 Å². The third kappa shape index (κ3) is 4.88. The van der Waals surface area contributed by atoms with E-state index in [4.69, 9.17) is 4.74 Å². The second-order valence-corrected chi connectivity index (χ2v) is 6.76. The number of likely N-dealkylation sites (tertiary alicyclic amines) is 1. The highest BCUT2D eigenvalue weighted by Gasteiger charge is 2.26. The molecule has 0 saturated carbocycles. The summed E-state index contributed by atoms with van der Waals surface area (Å²) in [5.41, 5.74) is 1.96. The summed E-state index contributed by atoms with van der Waals surface area (Å²) < 4.78 is 5.34. The fourth-order valence-corrected chi connectivity index (χ4v) is 3.49. The fourth-order valence-electron chi connectivity index (χ4n) is 3.49. The number of hydrogen-bond acceptors (Lipinski definition) is 4. The smallest absolute Gasteiger partial charge is 0.340 e. The SMILES string of the molecule is CC[C@H]1CCCCN1C(=O)COC(=O)c1ccccc1Nc1ccccc1. The zero-order valence-corrected chi connectivity index (χ0v) is 15.7. The second-order valence-electron chi connectivity index (χ2n) is 6.76. The molecule has 0 bridgehead atoms. The number of piperidine rings is 1. The van der Waals surface area contributed by atoms with Crippen LogP contribution in [0.5, 0.6) is 0 Å². The summed E-state index contributed by atoms with van der Waals surface area (Å²) in [6.07, 6.45) is 4.13. The topological polar surface area (TPSA) is 58.6 Å². The van der Waals surface area contributed by atoms with Gasteiger partial charge < -0.3 is 15.0 Å². The van der Waals surface area contributed by atoms with Crippen LogP contribution < -0.4 is 5.32 Å². The van der Waals surface area contributed by atoms with Crippen LogP contribution in [0.3, 0.4) is 0 Å². The summed E-state index contributed by atoms with van der Waals surface area (Å²) in [5, 5.41) is 3.22. The summed E-state index contributed by atoms with van der Waals surface area (Å²) in [6, 6.07) is 17.0. The van der Waals surface area contributed by atoms with E-state index in [0.29, 0.717) is 11.3 Å². The first-order valence-electron chi connectivity index (χ1n) is 9.56. The first kappa shape index (κ1) is 19.0. The van der Waals surface area contributed by atoms with Gasteiger partial charge in [0, 0.05) is 18.3 Å². The Morgan fingerprint density at radius 1 is 1.07 bits per heavy atom. The minimum atomic E-state index is -0.493. The van der Waals surface area contributed by atoms with Crippen molar-refractivity contribution in [2.45, 2.75) is 38.6 Å². The first-order chi connectivity index (χ1) is 13.2. The first-order valence-corrected chi connectivity index (χ1v) is 9.56. The predicted octanol–water partition coefficient (Wildman–Crippen LogP) is 4.38. The largest absolute Gasteiger partial charge is 0.452 e. The molecular formula is C22H26N2O3. The van der Waals surface area contributed by atoms with Crippen LogP contribution in [-0.4, -0.2) is 36.0 Å². The van der Waals surface area contributed by atoms with Crippen LogP contribution in [0.15, 0.2) is 54.6 Å². The molecule has 0 radical (unpaired) electrons. The zero-order valence-electron chi connectivity index (χ0n) is 15.7. The maximum Gasteiger partial charge on any atom is 0.340 e. The quantitative estimate of drug-likeness (QED) is 0.771. The van der Waals surface area contributed by atoms with Crippen LogP contribution in [0.1, 0.15) is 43.0 Å². The van der Waals surface area contributed by atoms with Crippen LogP contribution in [-0.2, 0) is 9.53 Å². The molecule has 5 heteroatoms. The minimum absolute atomic E-state index is 0.108. The summed E-state index contributed by atoms with van der Waals surface area (Å²) in [7, 11) is 0. The number of para-hydroxylation sites is 2. The molecule has 1 heterocycles. The molecule has 0 aromatic heterocycles. The van der Waals surface area contributed by atoms with Crippen molar-refractivity contribution in [2.24, 2.45) is 0 Å². The number of carbonyl (C=O) groups is 2. The molecule has 1 amide bonds. The standard InChI is InChI=1S/C22H26N2O3/c1-2-18-12-8-9-15-24(18)21(25)16-27-22(26)19-13-6-7-14-20(19)23-17-10-4-3-5-11-17/h3-7,10-11,13-14,18,23H,2,8-9,12,15-16H2,1H3/t18-/m0/s1. The van der Waals surface area contributed by atoms with Crippen LogP contribution in [0.25, 0.3) is 0 Å². The van der Waals surface area contributed by atoms with Crippen LogP contribution in [0.2, 0.25) is 0 Å². The Hall–Kier alpha value is -2.82. The molecule has 0 spiro atoms. The van der Waals surface area contributed by atoms with E-state index in [1.807, 2.05) is 47.4 Å². The van der Waals surface area contributed by atoms with Crippen LogP contribution in [0, 0.1) is 0 Å². The summed E-state index contributed by atoms with van der Waals surface area (Å²) in [5.74, 6) is -0.601. The highest BCUT2D eigenvalue weighted by atomic mass is 16.5. The van der Waals surface area contributed by atoms with Gasteiger partial charge in [-0.15, -0.1) is 0 Å². The zero-order chi connectivity index (χ0) is 19.1. The number of rotatable bonds is 6. The molecule has 2 aromatic rings. The second kappa shape index (κ2) is 9.21. The van der Waals surface area contributed by atoms with Gasteiger partial charge in [0.25, 0.3) is 5.91 Å². The Morgan fingerprint density at radius 2 is 1.81 bits per heavy atom. The molecule has 1 N–H and O–H groups in total. The van der Waals surface area contributed by atoms with Crippen molar-refractivity contribution < 1.29 is 14.3 Å². The van der Waals surface area contributed by atoms with Gasteiger partial charge in [-0.1, -0.05) is 37.3 Å². The molecular weight excluding hydrogens is 340 g/mol. The molecule has 1 saturated heterocycles. The van der Waals surface area contributed by atoms with Crippen molar-refractivity contribution in [1.82, 2.24) is 4.90 Å². The van der Waals surface area contributed by atoms with Gasteiger partial charge in [0.15, 0.2) is 6.61 Å². The average Bonchev–Trinajstić information content (AvgIpc) is 2.73. The highest BCUT2D eigenvalue weighted by molar-refractivity contribution is 5.97. The number of ether oxygens (including phenoxy) is 1. The number of nitrogens with zero attached hydrogens (tertiary/aromatic N) is 1. The Balaban J connectivity index is 1.63. The Kier molecular flexibility index (Phi) is 6.47. The van der Waals surface area contributed by atoms with E-state index >= 15 is 0 Å². The van der Waals surface area contributed by atoms with E-state index in [1.54, 1.807) is 12.1 Å². The molecule has 5 nitrogen and oxygen atoms in total. The third-order valence-electron chi connectivity index (χ3n) is 4.95. The Labute approximate surface area is 160 Å².